The standard InChI is InChI=1S/C14H15F3N3O7P/c15-14(16,17)8-4-2-1-3-7(8)9-5-20(19-18-9)13-12(22)11(21)10(27-13)6-26-28(23,24)25/h1-5,10-13,21-22H,6H2,(H2,23,24,25)/t10-,11?,12?,13-/m1/s1. The lowest BCUT2D eigenvalue weighted by molar-refractivity contribution is -0.137. The molecule has 1 aromatic heterocycles. The van der Waals surface area contributed by atoms with Crippen molar-refractivity contribution >= 4 is 7.82 Å². The number of aromatic nitrogens is 3. The van der Waals surface area contributed by atoms with Gasteiger partial charge < -0.3 is 24.7 Å². The largest absolute Gasteiger partial charge is 0.469 e. The summed E-state index contributed by atoms with van der Waals surface area (Å²) >= 11 is 0. The molecule has 3 rings (SSSR count). The van der Waals surface area contributed by atoms with Crippen LogP contribution in [0.3, 0.4) is 0 Å². The van der Waals surface area contributed by atoms with Crippen LogP contribution in [0.15, 0.2) is 30.5 Å². The van der Waals surface area contributed by atoms with Crippen LogP contribution < -0.4 is 0 Å². The zero-order valence-corrected chi connectivity index (χ0v) is 14.7. The van der Waals surface area contributed by atoms with Gasteiger partial charge in [0.15, 0.2) is 6.23 Å². The highest BCUT2D eigenvalue weighted by Gasteiger charge is 2.45. The Morgan fingerprint density at radius 3 is 2.54 bits per heavy atom. The quantitative estimate of drug-likeness (QED) is 0.508. The van der Waals surface area contributed by atoms with Crippen molar-refractivity contribution in [3.05, 3.63) is 36.0 Å². The Morgan fingerprint density at radius 2 is 1.89 bits per heavy atom. The maximum absolute atomic E-state index is 13.2. The van der Waals surface area contributed by atoms with E-state index in [0.29, 0.717) is 0 Å². The molecule has 2 unspecified atom stereocenters. The number of rotatable bonds is 5. The Labute approximate surface area is 155 Å². The zero-order valence-electron chi connectivity index (χ0n) is 13.8. The van der Waals surface area contributed by atoms with Crippen LogP contribution in [0.4, 0.5) is 13.2 Å². The van der Waals surface area contributed by atoms with Crippen LogP contribution in [0.2, 0.25) is 0 Å². The summed E-state index contributed by atoms with van der Waals surface area (Å²) < 4.78 is 60.7. The molecular weight excluding hydrogens is 410 g/mol. The predicted molar refractivity (Wildman–Crippen MR) is 84.4 cm³/mol. The molecule has 1 aromatic carbocycles. The Bertz CT molecular complexity index is 887. The lowest BCUT2D eigenvalue weighted by Gasteiger charge is -2.14. The first-order valence-corrected chi connectivity index (χ1v) is 9.30. The first-order valence-electron chi connectivity index (χ1n) is 7.77. The second kappa shape index (κ2) is 7.52. The third-order valence-corrected chi connectivity index (χ3v) is 4.51. The fraction of sp³-hybridized carbons (Fsp3) is 0.429. The number of aliphatic hydroxyl groups excluding tert-OH is 2. The number of hydrogen-bond acceptors (Lipinski definition) is 7. The van der Waals surface area contributed by atoms with Crippen molar-refractivity contribution in [2.75, 3.05) is 6.61 Å². The molecule has 0 amide bonds. The second-order valence-electron chi connectivity index (χ2n) is 5.96. The van der Waals surface area contributed by atoms with Gasteiger partial charge in [-0.2, -0.15) is 13.2 Å². The van der Waals surface area contributed by atoms with E-state index in [9.17, 15) is 27.9 Å². The highest BCUT2D eigenvalue weighted by atomic mass is 31.2. The molecule has 1 fully saturated rings. The van der Waals surface area contributed by atoms with Crippen LogP contribution in [-0.2, 0) is 20.0 Å². The molecule has 4 atom stereocenters. The second-order valence-corrected chi connectivity index (χ2v) is 7.20. The fourth-order valence-electron chi connectivity index (χ4n) is 2.73. The van der Waals surface area contributed by atoms with Gasteiger partial charge in [0.25, 0.3) is 0 Å². The third kappa shape index (κ3) is 4.41. The number of phosphoric acid groups is 1. The summed E-state index contributed by atoms with van der Waals surface area (Å²) in [5.41, 5.74) is -1.31. The molecule has 1 saturated heterocycles. The van der Waals surface area contributed by atoms with Crippen molar-refractivity contribution < 1.29 is 47.0 Å². The zero-order chi connectivity index (χ0) is 20.7. The number of hydrogen-bond donors (Lipinski definition) is 4. The van der Waals surface area contributed by atoms with E-state index < -0.39 is 50.7 Å². The van der Waals surface area contributed by atoms with Crippen LogP contribution in [0.1, 0.15) is 11.8 Å². The lowest BCUT2D eigenvalue weighted by Crippen LogP contribution is -2.33. The van der Waals surface area contributed by atoms with Gasteiger partial charge in [-0.3, -0.25) is 4.52 Å². The fourth-order valence-corrected chi connectivity index (χ4v) is 3.08. The molecule has 1 aliphatic rings. The van der Waals surface area contributed by atoms with E-state index in [2.05, 4.69) is 14.8 Å². The summed E-state index contributed by atoms with van der Waals surface area (Å²) in [5.74, 6) is 0. The van der Waals surface area contributed by atoms with E-state index >= 15 is 0 Å². The SMILES string of the molecule is O=P(O)(O)OC[C@H]1O[C@@H](n2cc(-c3ccccc3C(F)(F)F)nn2)C(O)C1O. The van der Waals surface area contributed by atoms with Gasteiger partial charge >= 0.3 is 14.0 Å². The van der Waals surface area contributed by atoms with E-state index in [1.807, 2.05) is 0 Å². The first kappa shape index (κ1) is 20.9. The molecule has 154 valence electrons. The van der Waals surface area contributed by atoms with Crippen LogP contribution >= 0.6 is 7.82 Å². The molecule has 0 radical (unpaired) electrons. The topological polar surface area (TPSA) is 147 Å². The normalized spacial score (nSPS) is 26.0. The van der Waals surface area contributed by atoms with Crippen LogP contribution in [0.25, 0.3) is 11.3 Å². The monoisotopic (exact) mass is 425 g/mol. The van der Waals surface area contributed by atoms with Crippen LogP contribution in [0.5, 0.6) is 0 Å². The maximum atomic E-state index is 13.2. The highest BCUT2D eigenvalue weighted by Crippen LogP contribution is 2.39. The predicted octanol–water partition coefficient (Wildman–Crippen LogP) is 0.692. The molecule has 28 heavy (non-hydrogen) atoms. The summed E-state index contributed by atoms with van der Waals surface area (Å²) in [7, 11) is -4.83. The van der Waals surface area contributed by atoms with Gasteiger partial charge in [0.05, 0.1) is 18.4 Å². The van der Waals surface area contributed by atoms with Crippen molar-refractivity contribution in [3.8, 4) is 11.3 Å². The third-order valence-electron chi connectivity index (χ3n) is 4.02. The van der Waals surface area contributed by atoms with Crippen molar-refractivity contribution in [1.82, 2.24) is 15.0 Å². The summed E-state index contributed by atoms with van der Waals surface area (Å²) in [6.07, 6.45) is -9.34. The molecule has 1 aliphatic heterocycles. The van der Waals surface area contributed by atoms with E-state index in [1.54, 1.807) is 0 Å². The van der Waals surface area contributed by atoms with Crippen LogP contribution in [0, 0.1) is 0 Å². The van der Waals surface area contributed by atoms with Gasteiger partial charge in [0, 0.05) is 5.56 Å². The molecule has 0 spiro atoms. The van der Waals surface area contributed by atoms with E-state index in [1.165, 1.54) is 18.2 Å². The average molecular weight is 425 g/mol. The smallest absolute Gasteiger partial charge is 0.387 e. The van der Waals surface area contributed by atoms with Gasteiger partial charge in [-0.25, -0.2) is 9.25 Å². The van der Waals surface area contributed by atoms with E-state index in [4.69, 9.17) is 14.5 Å². The number of nitrogens with zero attached hydrogens (tertiary/aromatic N) is 3. The molecule has 0 aliphatic carbocycles. The van der Waals surface area contributed by atoms with Gasteiger partial charge in [-0.05, 0) is 6.07 Å². The van der Waals surface area contributed by atoms with E-state index in [0.717, 1.165) is 16.9 Å². The molecular formula is C14H15F3N3O7P. The number of aliphatic hydroxyl groups is 2. The average Bonchev–Trinajstić information content (AvgIpc) is 3.18. The number of benzene rings is 1. The minimum absolute atomic E-state index is 0.145. The Hall–Kier alpha value is -1.86. The molecule has 10 nitrogen and oxygen atoms in total. The summed E-state index contributed by atoms with van der Waals surface area (Å²) in [6, 6.07) is 4.70. The molecule has 0 bridgehead atoms. The van der Waals surface area contributed by atoms with Crippen molar-refractivity contribution in [3.63, 3.8) is 0 Å². The van der Waals surface area contributed by atoms with Crippen molar-refractivity contribution in [2.24, 2.45) is 0 Å². The Balaban J connectivity index is 1.82. The molecule has 2 heterocycles. The van der Waals surface area contributed by atoms with Crippen LogP contribution in [-0.4, -0.2) is 59.9 Å². The summed E-state index contributed by atoms with van der Waals surface area (Å²) in [5, 5.41) is 27.3. The number of alkyl halides is 3. The molecule has 4 N–H and O–H groups in total. The maximum Gasteiger partial charge on any atom is 0.469 e. The molecule has 14 heteroatoms. The summed E-state index contributed by atoms with van der Waals surface area (Å²) in [6.45, 7) is -0.725. The minimum Gasteiger partial charge on any atom is -0.387 e. The van der Waals surface area contributed by atoms with Crippen molar-refractivity contribution in [1.29, 1.82) is 0 Å². The van der Waals surface area contributed by atoms with Gasteiger partial charge in [-0.15, -0.1) is 5.10 Å². The molecule has 0 saturated carbocycles. The highest BCUT2D eigenvalue weighted by molar-refractivity contribution is 7.46. The Morgan fingerprint density at radius 1 is 1.21 bits per heavy atom. The summed E-state index contributed by atoms with van der Waals surface area (Å²) in [4.78, 5) is 17.4. The minimum atomic E-state index is -4.83. The number of halogens is 3. The van der Waals surface area contributed by atoms with Gasteiger partial charge in [0.1, 0.15) is 24.0 Å². The van der Waals surface area contributed by atoms with Gasteiger partial charge in [0.2, 0.25) is 0 Å². The Kier molecular flexibility index (Phi) is 5.60. The number of phosphoric ester groups is 1. The number of ether oxygens (including phenoxy) is 1. The van der Waals surface area contributed by atoms with E-state index in [-0.39, 0.29) is 11.3 Å². The first-order chi connectivity index (χ1) is 13.0. The van der Waals surface area contributed by atoms with Crippen molar-refractivity contribution in [2.45, 2.75) is 30.7 Å². The lowest BCUT2D eigenvalue weighted by atomic mass is 10.0. The molecule has 2 aromatic rings. The van der Waals surface area contributed by atoms with Gasteiger partial charge in [-0.1, -0.05) is 23.4 Å².